The SMILES string of the molecule is COc1ccc(/C=N/n2c(-c3ccccc3F)n[nH]c2=S)cc1. The normalized spacial score (nSPS) is 11.0. The molecule has 1 aromatic heterocycles. The molecule has 0 radical (unpaired) electrons. The van der Waals surface area contributed by atoms with Gasteiger partial charge in [-0.15, -0.1) is 0 Å². The van der Waals surface area contributed by atoms with E-state index in [2.05, 4.69) is 15.3 Å². The lowest BCUT2D eigenvalue weighted by Gasteiger charge is -2.02. The van der Waals surface area contributed by atoms with E-state index < -0.39 is 0 Å². The third-order valence-corrected chi connectivity index (χ3v) is 3.47. The number of hydrogen-bond acceptors (Lipinski definition) is 4. The van der Waals surface area contributed by atoms with Crippen molar-refractivity contribution < 1.29 is 9.13 Å². The van der Waals surface area contributed by atoms with Crippen LogP contribution in [-0.4, -0.2) is 28.2 Å². The van der Waals surface area contributed by atoms with Gasteiger partial charge < -0.3 is 4.74 Å². The smallest absolute Gasteiger partial charge is 0.216 e. The van der Waals surface area contributed by atoms with Gasteiger partial charge >= 0.3 is 0 Å². The zero-order valence-corrected chi connectivity index (χ0v) is 13.0. The summed E-state index contributed by atoms with van der Waals surface area (Å²) in [7, 11) is 1.61. The third kappa shape index (κ3) is 3.19. The number of hydrogen-bond donors (Lipinski definition) is 1. The van der Waals surface area contributed by atoms with Gasteiger partial charge in [0, 0.05) is 0 Å². The molecule has 5 nitrogen and oxygen atoms in total. The quantitative estimate of drug-likeness (QED) is 0.588. The van der Waals surface area contributed by atoms with Gasteiger partial charge in [0.25, 0.3) is 0 Å². The van der Waals surface area contributed by atoms with E-state index >= 15 is 0 Å². The molecule has 3 aromatic rings. The Morgan fingerprint density at radius 2 is 1.96 bits per heavy atom. The van der Waals surface area contributed by atoms with Gasteiger partial charge in [-0.25, -0.2) is 9.49 Å². The number of rotatable bonds is 4. The second-order valence-corrected chi connectivity index (χ2v) is 5.05. The summed E-state index contributed by atoms with van der Waals surface area (Å²) in [6.07, 6.45) is 1.62. The molecule has 0 aliphatic heterocycles. The number of nitrogens with zero attached hydrogens (tertiary/aromatic N) is 3. The summed E-state index contributed by atoms with van der Waals surface area (Å²) < 4.78 is 20.7. The van der Waals surface area contributed by atoms with E-state index in [0.29, 0.717) is 11.4 Å². The fourth-order valence-corrected chi connectivity index (χ4v) is 2.21. The van der Waals surface area contributed by atoms with Crippen LogP contribution in [0.1, 0.15) is 5.56 Å². The first-order chi connectivity index (χ1) is 11.2. The first-order valence-electron chi connectivity index (χ1n) is 6.80. The van der Waals surface area contributed by atoms with Gasteiger partial charge in [0.05, 0.1) is 18.9 Å². The highest BCUT2D eigenvalue weighted by molar-refractivity contribution is 7.71. The van der Waals surface area contributed by atoms with Crippen LogP contribution in [0.2, 0.25) is 0 Å². The van der Waals surface area contributed by atoms with Crippen LogP contribution < -0.4 is 4.74 Å². The van der Waals surface area contributed by atoms with Crippen molar-refractivity contribution in [1.29, 1.82) is 0 Å². The highest BCUT2D eigenvalue weighted by Gasteiger charge is 2.12. The fourth-order valence-electron chi connectivity index (χ4n) is 2.03. The van der Waals surface area contributed by atoms with Crippen molar-refractivity contribution in [1.82, 2.24) is 14.9 Å². The lowest BCUT2D eigenvalue weighted by molar-refractivity contribution is 0.415. The van der Waals surface area contributed by atoms with Crippen LogP contribution in [0, 0.1) is 10.6 Å². The molecule has 0 bridgehead atoms. The molecule has 0 aliphatic carbocycles. The Morgan fingerprint density at radius 1 is 1.22 bits per heavy atom. The molecule has 2 aromatic carbocycles. The average Bonchev–Trinajstić information content (AvgIpc) is 2.94. The maximum atomic E-state index is 13.9. The number of benzene rings is 2. The predicted molar refractivity (Wildman–Crippen MR) is 88.8 cm³/mol. The molecule has 0 aliphatic rings. The lowest BCUT2D eigenvalue weighted by atomic mass is 10.2. The van der Waals surface area contributed by atoms with Gasteiger partial charge in [0.1, 0.15) is 11.6 Å². The summed E-state index contributed by atoms with van der Waals surface area (Å²) in [5.74, 6) is 0.689. The van der Waals surface area contributed by atoms with Gasteiger partial charge in [-0.3, -0.25) is 0 Å². The van der Waals surface area contributed by atoms with E-state index in [1.54, 1.807) is 31.5 Å². The van der Waals surface area contributed by atoms with Gasteiger partial charge in [0.15, 0.2) is 5.82 Å². The molecular weight excluding hydrogens is 315 g/mol. The minimum Gasteiger partial charge on any atom is -0.497 e. The van der Waals surface area contributed by atoms with Crippen LogP contribution in [0.4, 0.5) is 4.39 Å². The molecule has 0 atom stereocenters. The van der Waals surface area contributed by atoms with Gasteiger partial charge in [-0.2, -0.15) is 14.9 Å². The van der Waals surface area contributed by atoms with Crippen molar-refractivity contribution in [2.24, 2.45) is 5.10 Å². The molecular formula is C16H13FN4OS. The second kappa shape index (κ2) is 6.53. The van der Waals surface area contributed by atoms with E-state index in [9.17, 15) is 4.39 Å². The number of aromatic nitrogens is 3. The summed E-state index contributed by atoms with van der Waals surface area (Å²) in [4.78, 5) is 0. The molecule has 116 valence electrons. The van der Waals surface area contributed by atoms with Crippen molar-refractivity contribution in [2.45, 2.75) is 0 Å². The predicted octanol–water partition coefficient (Wildman–Crippen LogP) is 3.64. The van der Waals surface area contributed by atoms with Crippen molar-refractivity contribution in [3.8, 4) is 17.1 Å². The highest BCUT2D eigenvalue weighted by Crippen LogP contribution is 2.20. The van der Waals surface area contributed by atoms with Crippen LogP contribution in [0.3, 0.4) is 0 Å². The number of halogens is 1. The van der Waals surface area contributed by atoms with E-state index in [1.165, 1.54) is 10.7 Å². The molecule has 1 N–H and O–H groups in total. The maximum Gasteiger partial charge on any atom is 0.216 e. The lowest BCUT2D eigenvalue weighted by Crippen LogP contribution is -1.96. The number of ether oxygens (including phenoxy) is 1. The summed E-state index contributed by atoms with van der Waals surface area (Å²) >= 11 is 5.16. The van der Waals surface area contributed by atoms with E-state index in [-0.39, 0.29) is 10.6 Å². The number of methoxy groups -OCH3 is 1. The van der Waals surface area contributed by atoms with Crippen molar-refractivity contribution in [3.05, 3.63) is 64.7 Å². The molecule has 7 heteroatoms. The number of aromatic amines is 1. The zero-order chi connectivity index (χ0) is 16.2. The van der Waals surface area contributed by atoms with Crippen LogP contribution in [0.5, 0.6) is 5.75 Å². The van der Waals surface area contributed by atoms with Crippen molar-refractivity contribution in [3.63, 3.8) is 0 Å². The molecule has 0 spiro atoms. The summed E-state index contributed by atoms with van der Waals surface area (Å²) in [5.41, 5.74) is 1.18. The zero-order valence-electron chi connectivity index (χ0n) is 12.2. The first-order valence-corrected chi connectivity index (χ1v) is 7.20. The highest BCUT2D eigenvalue weighted by atomic mass is 32.1. The van der Waals surface area contributed by atoms with Gasteiger partial charge in [-0.1, -0.05) is 12.1 Å². The standard InChI is InChI=1S/C16H13FN4OS/c1-22-12-8-6-11(7-9-12)10-18-21-15(19-20-16(21)23)13-4-2-3-5-14(13)17/h2-10H,1H3,(H,20,23)/b18-10+. The number of nitrogens with one attached hydrogen (secondary N) is 1. The van der Waals surface area contributed by atoms with Crippen LogP contribution >= 0.6 is 12.2 Å². The second-order valence-electron chi connectivity index (χ2n) is 4.66. The van der Waals surface area contributed by atoms with E-state index in [0.717, 1.165) is 11.3 Å². The molecule has 0 fully saturated rings. The molecule has 3 rings (SSSR count). The Hall–Kier alpha value is -2.80. The van der Waals surface area contributed by atoms with Crippen LogP contribution in [0.25, 0.3) is 11.4 Å². The van der Waals surface area contributed by atoms with E-state index in [1.807, 2.05) is 24.3 Å². The minimum atomic E-state index is -0.387. The Balaban J connectivity index is 1.97. The Morgan fingerprint density at radius 3 is 2.65 bits per heavy atom. The third-order valence-electron chi connectivity index (χ3n) is 3.20. The molecule has 1 heterocycles. The Bertz CT molecular complexity index is 899. The van der Waals surface area contributed by atoms with Crippen LogP contribution in [0.15, 0.2) is 53.6 Å². The first kappa shape index (κ1) is 15.1. The van der Waals surface area contributed by atoms with Crippen LogP contribution in [-0.2, 0) is 0 Å². The monoisotopic (exact) mass is 328 g/mol. The fraction of sp³-hybridized carbons (Fsp3) is 0.0625. The molecule has 0 saturated heterocycles. The molecule has 0 amide bonds. The largest absolute Gasteiger partial charge is 0.497 e. The maximum absolute atomic E-state index is 13.9. The molecule has 0 unspecified atom stereocenters. The topological polar surface area (TPSA) is 55.2 Å². The Kier molecular flexibility index (Phi) is 4.29. The minimum absolute atomic E-state index is 0.285. The number of H-pyrrole nitrogens is 1. The van der Waals surface area contributed by atoms with Crippen molar-refractivity contribution in [2.75, 3.05) is 7.11 Å². The summed E-state index contributed by atoms with van der Waals surface area (Å²) in [6.45, 7) is 0. The average molecular weight is 328 g/mol. The Labute approximate surface area is 137 Å². The summed E-state index contributed by atoms with van der Waals surface area (Å²) in [6, 6.07) is 13.7. The molecule has 0 saturated carbocycles. The van der Waals surface area contributed by atoms with Crippen molar-refractivity contribution >= 4 is 18.4 Å². The van der Waals surface area contributed by atoms with Gasteiger partial charge in [-0.05, 0) is 54.2 Å². The summed E-state index contributed by atoms with van der Waals surface area (Å²) in [5, 5.41) is 11.0. The molecule has 23 heavy (non-hydrogen) atoms. The van der Waals surface area contributed by atoms with E-state index in [4.69, 9.17) is 17.0 Å². The van der Waals surface area contributed by atoms with Gasteiger partial charge in [0.2, 0.25) is 4.77 Å².